The van der Waals surface area contributed by atoms with Crippen LogP contribution < -0.4 is 5.32 Å². The maximum Gasteiger partial charge on any atom is 0.123 e. The van der Waals surface area contributed by atoms with Crippen LogP contribution in [-0.4, -0.2) is 7.05 Å². The van der Waals surface area contributed by atoms with Gasteiger partial charge < -0.3 is 5.32 Å². The van der Waals surface area contributed by atoms with E-state index in [9.17, 15) is 4.39 Å². The standard InChI is InChI=1S/C14H20FN/c1-9-5-6-10(15)7-11(9)13(16-4)12-8-14(12,2)3/h5-7,12-13,16H,8H2,1-4H3. The van der Waals surface area contributed by atoms with Crippen molar-refractivity contribution in [3.05, 3.63) is 35.1 Å². The van der Waals surface area contributed by atoms with Gasteiger partial charge in [-0.1, -0.05) is 19.9 Å². The van der Waals surface area contributed by atoms with E-state index >= 15 is 0 Å². The highest BCUT2D eigenvalue weighted by Gasteiger charge is 2.50. The molecule has 2 heteroatoms. The first-order valence-corrected chi connectivity index (χ1v) is 5.89. The van der Waals surface area contributed by atoms with E-state index < -0.39 is 0 Å². The van der Waals surface area contributed by atoms with E-state index in [1.165, 1.54) is 18.1 Å². The lowest BCUT2D eigenvalue weighted by Gasteiger charge is -2.20. The summed E-state index contributed by atoms with van der Waals surface area (Å²) >= 11 is 0. The molecule has 88 valence electrons. The molecule has 0 saturated heterocycles. The molecule has 0 spiro atoms. The Bertz CT molecular complexity index is 398. The van der Waals surface area contributed by atoms with Crippen LogP contribution in [0.4, 0.5) is 4.39 Å². The van der Waals surface area contributed by atoms with E-state index in [2.05, 4.69) is 26.1 Å². The molecule has 0 aromatic heterocycles. The molecule has 0 bridgehead atoms. The van der Waals surface area contributed by atoms with E-state index in [4.69, 9.17) is 0 Å². The van der Waals surface area contributed by atoms with Crippen LogP contribution in [0.25, 0.3) is 0 Å². The smallest absolute Gasteiger partial charge is 0.123 e. The lowest BCUT2D eigenvalue weighted by molar-refractivity contribution is 0.437. The first-order chi connectivity index (χ1) is 7.45. The Morgan fingerprint density at radius 1 is 1.44 bits per heavy atom. The minimum absolute atomic E-state index is 0.140. The van der Waals surface area contributed by atoms with Gasteiger partial charge in [0.1, 0.15) is 5.82 Å². The molecule has 1 aromatic rings. The maximum atomic E-state index is 13.3. The van der Waals surface area contributed by atoms with Crippen molar-refractivity contribution >= 4 is 0 Å². The lowest BCUT2D eigenvalue weighted by Crippen LogP contribution is -2.21. The van der Waals surface area contributed by atoms with E-state index in [-0.39, 0.29) is 11.9 Å². The average Bonchev–Trinajstić information content (AvgIpc) is 2.82. The summed E-state index contributed by atoms with van der Waals surface area (Å²) in [7, 11) is 1.96. The van der Waals surface area contributed by atoms with E-state index in [1.54, 1.807) is 6.07 Å². The molecule has 1 fully saturated rings. The normalized spacial score (nSPS) is 24.2. The SMILES string of the molecule is CNC(c1cc(F)ccc1C)C1CC1(C)C. The Hall–Kier alpha value is -0.890. The Balaban J connectivity index is 2.30. The van der Waals surface area contributed by atoms with Crippen molar-refractivity contribution in [2.24, 2.45) is 11.3 Å². The Morgan fingerprint density at radius 2 is 2.06 bits per heavy atom. The Kier molecular flexibility index (Phi) is 2.79. The summed E-state index contributed by atoms with van der Waals surface area (Å²) in [4.78, 5) is 0. The molecule has 1 aliphatic rings. The average molecular weight is 221 g/mol. The van der Waals surface area contributed by atoms with Crippen molar-refractivity contribution in [2.45, 2.75) is 33.2 Å². The highest BCUT2D eigenvalue weighted by Crippen LogP contribution is 2.57. The van der Waals surface area contributed by atoms with E-state index in [0.717, 1.165) is 5.56 Å². The lowest BCUT2D eigenvalue weighted by atomic mass is 9.94. The minimum atomic E-state index is -0.140. The molecule has 2 atom stereocenters. The van der Waals surface area contributed by atoms with E-state index in [0.29, 0.717) is 11.3 Å². The fraction of sp³-hybridized carbons (Fsp3) is 0.571. The van der Waals surface area contributed by atoms with Crippen LogP contribution in [0.2, 0.25) is 0 Å². The fourth-order valence-corrected chi connectivity index (χ4v) is 2.60. The number of hydrogen-bond acceptors (Lipinski definition) is 1. The van der Waals surface area contributed by atoms with Gasteiger partial charge >= 0.3 is 0 Å². The molecule has 16 heavy (non-hydrogen) atoms. The highest BCUT2D eigenvalue weighted by molar-refractivity contribution is 5.31. The predicted octanol–water partition coefficient (Wildman–Crippen LogP) is 3.44. The van der Waals surface area contributed by atoms with Crippen molar-refractivity contribution in [3.63, 3.8) is 0 Å². The van der Waals surface area contributed by atoms with Crippen molar-refractivity contribution < 1.29 is 4.39 Å². The first kappa shape index (κ1) is 11.6. The van der Waals surface area contributed by atoms with Crippen LogP contribution in [0.5, 0.6) is 0 Å². The van der Waals surface area contributed by atoms with Gasteiger partial charge in [-0.05, 0) is 55.0 Å². The summed E-state index contributed by atoms with van der Waals surface area (Å²) in [5, 5.41) is 3.34. The Labute approximate surface area is 97.1 Å². The number of benzene rings is 1. The molecular formula is C14H20FN. The molecule has 0 amide bonds. The van der Waals surface area contributed by atoms with Gasteiger partial charge in [0.2, 0.25) is 0 Å². The number of halogens is 1. The summed E-state index contributed by atoms with van der Waals surface area (Å²) in [6.07, 6.45) is 1.22. The van der Waals surface area contributed by atoms with Crippen LogP contribution in [0.3, 0.4) is 0 Å². The van der Waals surface area contributed by atoms with Crippen LogP contribution in [0.1, 0.15) is 37.4 Å². The third-order valence-corrected chi connectivity index (χ3v) is 3.88. The minimum Gasteiger partial charge on any atom is -0.313 e. The molecule has 1 N–H and O–H groups in total. The second kappa shape index (κ2) is 3.85. The molecule has 2 unspecified atom stereocenters. The highest BCUT2D eigenvalue weighted by atomic mass is 19.1. The van der Waals surface area contributed by atoms with Gasteiger partial charge in [0.25, 0.3) is 0 Å². The number of hydrogen-bond donors (Lipinski definition) is 1. The zero-order chi connectivity index (χ0) is 11.9. The number of nitrogens with one attached hydrogen (secondary N) is 1. The second-order valence-corrected chi connectivity index (χ2v) is 5.57. The molecule has 1 nitrogen and oxygen atoms in total. The molecule has 0 heterocycles. The first-order valence-electron chi connectivity index (χ1n) is 5.89. The molecule has 1 saturated carbocycles. The van der Waals surface area contributed by atoms with Crippen LogP contribution in [-0.2, 0) is 0 Å². The van der Waals surface area contributed by atoms with Gasteiger partial charge in [-0.25, -0.2) is 4.39 Å². The van der Waals surface area contributed by atoms with Gasteiger partial charge in [0.05, 0.1) is 0 Å². The third kappa shape index (κ3) is 1.99. The topological polar surface area (TPSA) is 12.0 Å². The largest absolute Gasteiger partial charge is 0.313 e. The summed E-state index contributed by atoms with van der Waals surface area (Å²) in [6.45, 7) is 6.60. The summed E-state index contributed by atoms with van der Waals surface area (Å²) in [6, 6.07) is 5.35. The van der Waals surface area contributed by atoms with E-state index in [1.807, 2.05) is 13.1 Å². The monoisotopic (exact) mass is 221 g/mol. The van der Waals surface area contributed by atoms with Gasteiger partial charge in [-0.2, -0.15) is 0 Å². The van der Waals surface area contributed by atoms with Crippen molar-refractivity contribution in [1.29, 1.82) is 0 Å². The Morgan fingerprint density at radius 3 is 2.56 bits per heavy atom. The van der Waals surface area contributed by atoms with Crippen LogP contribution >= 0.6 is 0 Å². The van der Waals surface area contributed by atoms with Gasteiger partial charge in [0, 0.05) is 6.04 Å². The van der Waals surface area contributed by atoms with Crippen LogP contribution in [0, 0.1) is 24.1 Å². The van der Waals surface area contributed by atoms with Crippen molar-refractivity contribution in [2.75, 3.05) is 7.05 Å². The molecule has 0 radical (unpaired) electrons. The second-order valence-electron chi connectivity index (χ2n) is 5.57. The number of aryl methyl sites for hydroxylation is 1. The number of rotatable bonds is 3. The summed E-state index contributed by atoms with van der Waals surface area (Å²) in [5.74, 6) is 0.484. The zero-order valence-corrected chi connectivity index (χ0v) is 10.5. The van der Waals surface area contributed by atoms with Gasteiger partial charge in [-0.15, -0.1) is 0 Å². The fourth-order valence-electron chi connectivity index (χ4n) is 2.60. The zero-order valence-electron chi connectivity index (χ0n) is 10.5. The summed E-state index contributed by atoms with van der Waals surface area (Å²) in [5.41, 5.74) is 2.67. The molecule has 2 rings (SSSR count). The predicted molar refractivity (Wildman–Crippen MR) is 64.8 cm³/mol. The third-order valence-electron chi connectivity index (χ3n) is 3.88. The van der Waals surface area contributed by atoms with Crippen molar-refractivity contribution in [1.82, 2.24) is 5.32 Å². The maximum absolute atomic E-state index is 13.3. The molecule has 1 aromatic carbocycles. The summed E-state index contributed by atoms with van der Waals surface area (Å²) < 4.78 is 13.3. The molecule has 1 aliphatic carbocycles. The van der Waals surface area contributed by atoms with Gasteiger partial charge in [-0.3, -0.25) is 0 Å². The molecule has 0 aliphatic heterocycles. The van der Waals surface area contributed by atoms with Gasteiger partial charge in [0.15, 0.2) is 0 Å². The van der Waals surface area contributed by atoms with Crippen LogP contribution in [0.15, 0.2) is 18.2 Å². The van der Waals surface area contributed by atoms with Crippen molar-refractivity contribution in [3.8, 4) is 0 Å². The quantitative estimate of drug-likeness (QED) is 0.824. The molecular weight excluding hydrogens is 201 g/mol.